The summed E-state index contributed by atoms with van der Waals surface area (Å²) in [7, 11) is 0. The molecular formula is C17H21N. The van der Waals surface area contributed by atoms with E-state index in [-0.39, 0.29) is 0 Å². The lowest BCUT2D eigenvalue weighted by atomic mass is 9.98. The molecule has 0 aliphatic rings. The Labute approximate surface area is 110 Å². The smallest absolute Gasteiger partial charge is 0.0205 e. The molecular weight excluding hydrogens is 218 g/mol. The van der Waals surface area contributed by atoms with Crippen LogP contribution in [0.25, 0.3) is 11.1 Å². The Bertz CT molecular complexity index is 512. The van der Waals surface area contributed by atoms with Crippen LogP contribution in [-0.2, 0) is 6.54 Å². The maximum atomic E-state index is 3.34. The fourth-order valence-electron chi connectivity index (χ4n) is 2.12. The highest BCUT2D eigenvalue weighted by Crippen LogP contribution is 2.24. The predicted molar refractivity (Wildman–Crippen MR) is 78.7 cm³/mol. The molecule has 0 unspecified atom stereocenters. The quantitative estimate of drug-likeness (QED) is 0.847. The number of nitrogens with one attached hydrogen (secondary N) is 1. The van der Waals surface area contributed by atoms with Crippen LogP contribution in [0.2, 0.25) is 0 Å². The third kappa shape index (κ3) is 2.99. The summed E-state index contributed by atoms with van der Waals surface area (Å²) < 4.78 is 0. The first kappa shape index (κ1) is 12.8. The van der Waals surface area contributed by atoms with Gasteiger partial charge < -0.3 is 5.32 Å². The topological polar surface area (TPSA) is 12.0 Å². The van der Waals surface area contributed by atoms with Crippen LogP contribution in [0.3, 0.4) is 0 Å². The summed E-state index contributed by atoms with van der Waals surface area (Å²) in [4.78, 5) is 0. The number of rotatable bonds is 4. The maximum Gasteiger partial charge on any atom is 0.0205 e. The summed E-state index contributed by atoms with van der Waals surface area (Å²) >= 11 is 0. The van der Waals surface area contributed by atoms with E-state index < -0.39 is 0 Å². The van der Waals surface area contributed by atoms with Gasteiger partial charge in [-0.05, 0) is 42.6 Å². The summed E-state index contributed by atoms with van der Waals surface area (Å²) in [6.07, 6.45) is 0. The molecule has 1 nitrogen and oxygen atoms in total. The zero-order chi connectivity index (χ0) is 13.0. The van der Waals surface area contributed by atoms with Crippen LogP contribution in [0, 0.1) is 13.8 Å². The van der Waals surface area contributed by atoms with Gasteiger partial charge in [0.15, 0.2) is 0 Å². The first-order valence-electron chi connectivity index (χ1n) is 6.58. The Balaban J connectivity index is 2.25. The van der Waals surface area contributed by atoms with E-state index in [4.69, 9.17) is 0 Å². The minimum absolute atomic E-state index is 0.948. The standard InChI is InChI=1S/C17H21N/c1-4-18-12-15-7-9-16(10-8-15)17-11-13(2)5-6-14(17)3/h5-11,18H,4,12H2,1-3H3. The zero-order valence-corrected chi connectivity index (χ0v) is 11.5. The van der Waals surface area contributed by atoms with Crippen LogP contribution >= 0.6 is 0 Å². The van der Waals surface area contributed by atoms with E-state index in [9.17, 15) is 0 Å². The van der Waals surface area contributed by atoms with Gasteiger partial charge in [0.25, 0.3) is 0 Å². The highest BCUT2D eigenvalue weighted by molar-refractivity contribution is 5.68. The van der Waals surface area contributed by atoms with Crippen molar-refractivity contribution in [2.24, 2.45) is 0 Å². The second-order valence-electron chi connectivity index (χ2n) is 4.80. The lowest BCUT2D eigenvalue weighted by molar-refractivity contribution is 0.727. The second-order valence-corrected chi connectivity index (χ2v) is 4.80. The van der Waals surface area contributed by atoms with Crippen molar-refractivity contribution >= 4 is 0 Å². The lowest BCUT2D eigenvalue weighted by Crippen LogP contribution is -2.11. The molecule has 0 spiro atoms. The molecule has 0 aliphatic heterocycles. The second kappa shape index (κ2) is 5.83. The van der Waals surface area contributed by atoms with Crippen molar-refractivity contribution < 1.29 is 0 Å². The highest BCUT2D eigenvalue weighted by Gasteiger charge is 2.02. The van der Waals surface area contributed by atoms with Gasteiger partial charge in [0, 0.05) is 6.54 Å². The number of hydrogen-bond donors (Lipinski definition) is 1. The first-order chi connectivity index (χ1) is 8.70. The van der Waals surface area contributed by atoms with E-state index in [1.165, 1.54) is 27.8 Å². The van der Waals surface area contributed by atoms with Gasteiger partial charge in [0.2, 0.25) is 0 Å². The molecule has 0 fully saturated rings. The van der Waals surface area contributed by atoms with E-state index in [1.807, 2.05) is 0 Å². The summed E-state index contributed by atoms with van der Waals surface area (Å²) in [6.45, 7) is 8.40. The van der Waals surface area contributed by atoms with Crippen molar-refractivity contribution in [3.8, 4) is 11.1 Å². The number of aryl methyl sites for hydroxylation is 2. The molecule has 0 atom stereocenters. The van der Waals surface area contributed by atoms with Gasteiger partial charge in [0.05, 0.1) is 0 Å². The molecule has 2 aromatic carbocycles. The van der Waals surface area contributed by atoms with Crippen molar-refractivity contribution in [1.82, 2.24) is 5.32 Å². The van der Waals surface area contributed by atoms with E-state index in [0.717, 1.165) is 13.1 Å². The molecule has 18 heavy (non-hydrogen) atoms. The molecule has 1 N–H and O–H groups in total. The van der Waals surface area contributed by atoms with Crippen LogP contribution in [0.4, 0.5) is 0 Å². The van der Waals surface area contributed by atoms with E-state index in [0.29, 0.717) is 0 Å². The molecule has 0 radical (unpaired) electrons. The lowest BCUT2D eigenvalue weighted by Gasteiger charge is -2.09. The highest BCUT2D eigenvalue weighted by atomic mass is 14.8. The number of hydrogen-bond acceptors (Lipinski definition) is 1. The Kier molecular flexibility index (Phi) is 4.16. The van der Waals surface area contributed by atoms with Gasteiger partial charge in [-0.15, -0.1) is 0 Å². The summed E-state index contributed by atoms with van der Waals surface area (Å²) in [5.41, 5.74) is 6.62. The third-order valence-corrected chi connectivity index (χ3v) is 3.24. The molecule has 0 aromatic heterocycles. The predicted octanol–water partition coefficient (Wildman–Crippen LogP) is 4.08. The third-order valence-electron chi connectivity index (χ3n) is 3.24. The first-order valence-corrected chi connectivity index (χ1v) is 6.58. The van der Waals surface area contributed by atoms with Crippen molar-refractivity contribution in [1.29, 1.82) is 0 Å². The normalized spacial score (nSPS) is 10.6. The van der Waals surface area contributed by atoms with Crippen LogP contribution < -0.4 is 5.32 Å². The van der Waals surface area contributed by atoms with Crippen molar-refractivity contribution in [3.63, 3.8) is 0 Å². The van der Waals surface area contributed by atoms with E-state index >= 15 is 0 Å². The molecule has 0 saturated heterocycles. The fourth-order valence-corrected chi connectivity index (χ4v) is 2.12. The minimum atomic E-state index is 0.948. The van der Waals surface area contributed by atoms with E-state index in [2.05, 4.69) is 68.6 Å². The van der Waals surface area contributed by atoms with Crippen molar-refractivity contribution in [2.75, 3.05) is 6.54 Å². The summed E-state index contributed by atoms with van der Waals surface area (Å²) in [5.74, 6) is 0. The van der Waals surface area contributed by atoms with Gasteiger partial charge in [-0.1, -0.05) is 55.0 Å². The Morgan fingerprint density at radius 1 is 0.944 bits per heavy atom. The van der Waals surface area contributed by atoms with Gasteiger partial charge in [-0.3, -0.25) is 0 Å². The van der Waals surface area contributed by atoms with Crippen LogP contribution in [0.15, 0.2) is 42.5 Å². The zero-order valence-electron chi connectivity index (χ0n) is 11.5. The van der Waals surface area contributed by atoms with Crippen molar-refractivity contribution in [2.45, 2.75) is 27.3 Å². The van der Waals surface area contributed by atoms with Crippen LogP contribution in [-0.4, -0.2) is 6.54 Å². The fraction of sp³-hybridized carbons (Fsp3) is 0.294. The largest absolute Gasteiger partial charge is 0.313 e. The molecule has 94 valence electrons. The average Bonchev–Trinajstić information content (AvgIpc) is 2.40. The molecule has 0 saturated carbocycles. The van der Waals surface area contributed by atoms with Crippen LogP contribution in [0.1, 0.15) is 23.6 Å². The maximum absolute atomic E-state index is 3.34. The molecule has 0 aliphatic carbocycles. The van der Waals surface area contributed by atoms with Gasteiger partial charge >= 0.3 is 0 Å². The molecule has 2 rings (SSSR count). The molecule has 0 heterocycles. The average molecular weight is 239 g/mol. The molecule has 0 amide bonds. The monoisotopic (exact) mass is 239 g/mol. The molecule has 1 heteroatoms. The van der Waals surface area contributed by atoms with Gasteiger partial charge in [-0.25, -0.2) is 0 Å². The summed E-state index contributed by atoms with van der Waals surface area (Å²) in [6, 6.07) is 15.5. The van der Waals surface area contributed by atoms with E-state index in [1.54, 1.807) is 0 Å². The molecule has 2 aromatic rings. The molecule has 0 bridgehead atoms. The minimum Gasteiger partial charge on any atom is -0.313 e. The van der Waals surface area contributed by atoms with Crippen LogP contribution in [0.5, 0.6) is 0 Å². The van der Waals surface area contributed by atoms with Gasteiger partial charge in [-0.2, -0.15) is 0 Å². The Hall–Kier alpha value is -1.60. The Morgan fingerprint density at radius 3 is 2.33 bits per heavy atom. The van der Waals surface area contributed by atoms with Crippen molar-refractivity contribution in [3.05, 3.63) is 59.2 Å². The van der Waals surface area contributed by atoms with Gasteiger partial charge in [0.1, 0.15) is 0 Å². The number of benzene rings is 2. The Morgan fingerprint density at radius 2 is 1.67 bits per heavy atom. The summed E-state index contributed by atoms with van der Waals surface area (Å²) in [5, 5.41) is 3.34. The SMILES string of the molecule is CCNCc1ccc(-c2cc(C)ccc2C)cc1.